The van der Waals surface area contributed by atoms with Gasteiger partial charge in [0.25, 0.3) is 0 Å². The van der Waals surface area contributed by atoms with Crippen LogP contribution in [0.1, 0.15) is 58.8 Å². The summed E-state index contributed by atoms with van der Waals surface area (Å²) in [6.07, 6.45) is 8.69. The Labute approximate surface area is 163 Å². The molecule has 0 amide bonds. The fourth-order valence-corrected chi connectivity index (χ4v) is 6.69. The number of piperidine rings is 1. The maximum Gasteiger partial charge on any atom is 0.310 e. The summed E-state index contributed by atoms with van der Waals surface area (Å²) in [5.41, 5.74) is 0.473. The summed E-state index contributed by atoms with van der Waals surface area (Å²) in [4.78, 5) is 15.2. The van der Waals surface area contributed by atoms with E-state index < -0.39 is 0 Å². The lowest BCUT2D eigenvalue weighted by molar-refractivity contribution is -0.147. The molecule has 3 aliphatic heterocycles. The van der Waals surface area contributed by atoms with Crippen molar-refractivity contribution < 1.29 is 14.3 Å². The van der Waals surface area contributed by atoms with Gasteiger partial charge in [-0.1, -0.05) is 13.8 Å². The van der Waals surface area contributed by atoms with E-state index in [-0.39, 0.29) is 36.0 Å². The second kappa shape index (κ2) is 6.63. The van der Waals surface area contributed by atoms with Gasteiger partial charge in [0.05, 0.1) is 18.1 Å². The average molecular weight is 384 g/mol. The summed E-state index contributed by atoms with van der Waals surface area (Å²) >= 11 is 0. The summed E-state index contributed by atoms with van der Waals surface area (Å²) in [6.45, 7) is 8.95. The van der Waals surface area contributed by atoms with Crippen molar-refractivity contribution in [2.24, 2.45) is 29.1 Å². The molecule has 6 atom stereocenters. The second-order valence-corrected chi connectivity index (χ2v) is 10.1. The summed E-state index contributed by atoms with van der Waals surface area (Å²) in [7, 11) is 0. The number of ether oxygens (including phenoxy) is 2. The lowest BCUT2D eigenvalue weighted by atomic mass is 9.53. The van der Waals surface area contributed by atoms with Gasteiger partial charge < -0.3 is 14.4 Å². The van der Waals surface area contributed by atoms with Crippen LogP contribution in [-0.4, -0.2) is 48.8 Å². The molecule has 3 saturated heterocycles. The van der Waals surface area contributed by atoms with E-state index in [4.69, 9.17) is 9.47 Å². The Kier molecular flexibility index (Phi) is 4.85. The molecule has 2 unspecified atom stereocenters. The molecule has 0 aromatic heterocycles. The largest absolute Gasteiger partial charge is 0.462 e. The smallest absolute Gasteiger partial charge is 0.310 e. The minimum absolute atomic E-state index is 0. The monoisotopic (exact) mass is 383 g/mol. The molecule has 0 aromatic carbocycles. The minimum Gasteiger partial charge on any atom is -0.462 e. The van der Waals surface area contributed by atoms with Crippen molar-refractivity contribution in [3.8, 4) is 0 Å². The highest BCUT2D eigenvalue weighted by molar-refractivity contribution is 5.85. The molecule has 0 radical (unpaired) electrons. The van der Waals surface area contributed by atoms with Gasteiger partial charge in [-0.15, -0.1) is 12.4 Å². The molecule has 2 saturated carbocycles. The van der Waals surface area contributed by atoms with Crippen LogP contribution >= 0.6 is 12.4 Å². The van der Waals surface area contributed by atoms with Crippen LogP contribution in [0, 0.1) is 29.1 Å². The first-order chi connectivity index (χ1) is 12.0. The van der Waals surface area contributed by atoms with Gasteiger partial charge in [0.15, 0.2) is 0 Å². The first kappa shape index (κ1) is 19.0. The highest BCUT2D eigenvalue weighted by atomic mass is 35.5. The van der Waals surface area contributed by atoms with Crippen molar-refractivity contribution in [3.05, 3.63) is 0 Å². The second-order valence-electron chi connectivity index (χ2n) is 10.1. The van der Waals surface area contributed by atoms with E-state index in [1.165, 1.54) is 32.1 Å². The van der Waals surface area contributed by atoms with Crippen LogP contribution in [-0.2, 0) is 14.3 Å². The third-order valence-electron chi connectivity index (χ3n) is 8.41. The SMILES string of the molecule is CC1CCN(CC2C(=O)O[C@@H]3C[C@@]4(C)CCC[C@]5(CO5)C4C[C@H]23)CC1.Cl. The molecule has 26 heavy (non-hydrogen) atoms. The van der Waals surface area contributed by atoms with Crippen molar-refractivity contribution in [2.75, 3.05) is 26.2 Å². The van der Waals surface area contributed by atoms with Gasteiger partial charge in [-0.3, -0.25) is 4.79 Å². The van der Waals surface area contributed by atoms with Gasteiger partial charge in [-0.2, -0.15) is 0 Å². The van der Waals surface area contributed by atoms with Gasteiger partial charge in [0.2, 0.25) is 0 Å². The Morgan fingerprint density at radius 2 is 1.96 bits per heavy atom. The molecule has 3 heterocycles. The standard InChI is InChI=1S/C21H33NO3.ClH/c1-14-4-8-22(9-5-14)12-16-15-10-18-20(2,11-17(15)25-19(16)23)6-3-7-21(18)13-24-21;/h14-18H,3-13H2,1-2H3;1H/t15-,16?,17-,18?,20-,21+;/m1./s1. The summed E-state index contributed by atoms with van der Waals surface area (Å²) in [5, 5.41) is 0. The molecule has 5 rings (SSSR count). The van der Waals surface area contributed by atoms with E-state index in [0.29, 0.717) is 17.3 Å². The predicted molar refractivity (Wildman–Crippen MR) is 102 cm³/mol. The quantitative estimate of drug-likeness (QED) is 0.539. The van der Waals surface area contributed by atoms with Gasteiger partial charge in [-0.25, -0.2) is 0 Å². The fourth-order valence-electron chi connectivity index (χ4n) is 6.69. The third kappa shape index (κ3) is 3.00. The lowest BCUT2D eigenvalue weighted by Gasteiger charge is -2.51. The molecular weight excluding hydrogens is 350 g/mol. The number of esters is 1. The van der Waals surface area contributed by atoms with Crippen LogP contribution in [0.4, 0.5) is 0 Å². The van der Waals surface area contributed by atoms with Gasteiger partial charge in [0, 0.05) is 12.5 Å². The fraction of sp³-hybridized carbons (Fsp3) is 0.952. The number of carbonyl (C=O) groups excluding carboxylic acids is 1. The Hall–Kier alpha value is -0.320. The predicted octanol–water partition coefficient (Wildman–Crippen LogP) is 3.67. The van der Waals surface area contributed by atoms with Gasteiger partial charge in [0.1, 0.15) is 6.10 Å². The van der Waals surface area contributed by atoms with Gasteiger partial charge >= 0.3 is 5.97 Å². The van der Waals surface area contributed by atoms with Crippen molar-refractivity contribution >= 4 is 18.4 Å². The zero-order chi connectivity index (χ0) is 17.2. The maximum absolute atomic E-state index is 12.7. The number of halogens is 1. The van der Waals surface area contributed by atoms with Crippen LogP contribution in [0.2, 0.25) is 0 Å². The van der Waals surface area contributed by atoms with E-state index in [1.807, 2.05) is 0 Å². The average Bonchev–Trinajstić information content (AvgIpc) is 3.28. The highest BCUT2D eigenvalue weighted by Crippen LogP contribution is 2.62. The molecule has 5 heteroatoms. The first-order valence-electron chi connectivity index (χ1n) is 10.6. The van der Waals surface area contributed by atoms with Crippen LogP contribution in [0.5, 0.6) is 0 Å². The van der Waals surface area contributed by atoms with Crippen LogP contribution < -0.4 is 0 Å². The normalized spacial score (nSPS) is 48.5. The zero-order valence-corrected chi connectivity index (χ0v) is 17.1. The molecule has 0 bridgehead atoms. The number of nitrogens with zero attached hydrogens (tertiary/aromatic N) is 1. The van der Waals surface area contributed by atoms with Crippen LogP contribution in [0.15, 0.2) is 0 Å². The number of likely N-dealkylation sites (tertiary alicyclic amines) is 1. The minimum atomic E-state index is 0. The Balaban J connectivity index is 0.00000168. The zero-order valence-electron chi connectivity index (χ0n) is 16.2. The number of fused-ring (bicyclic) bond motifs is 3. The molecule has 5 aliphatic rings. The van der Waals surface area contributed by atoms with Crippen molar-refractivity contribution in [1.29, 1.82) is 0 Å². The molecule has 5 fully saturated rings. The number of epoxide rings is 1. The van der Waals surface area contributed by atoms with E-state index in [9.17, 15) is 4.79 Å². The van der Waals surface area contributed by atoms with E-state index >= 15 is 0 Å². The van der Waals surface area contributed by atoms with Crippen molar-refractivity contribution in [2.45, 2.75) is 70.5 Å². The number of hydrogen-bond acceptors (Lipinski definition) is 4. The van der Waals surface area contributed by atoms with E-state index in [1.54, 1.807) is 0 Å². The molecule has 0 aromatic rings. The van der Waals surface area contributed by atoms with Crippen molar-refractivity contribution in [1.82, 2.24) is 4.90 Å². The molecular formula is C21H34ClNO3. The third-order valence-corrected chi connectivity index (χ3v) is 8.41. The van der Waals surface area contributed by atoms with Gasteiger partial charge in [-0.05, 0) is 75.3 Å². The van der Waals surface area contributed by atoms with Crippen LogP contribution in [0.3, 0.4) is 0 Å². The van der Waals surface area contributed by atoms with E-state index in [0.717, 1.165) is 45.0 Å². The lowest BCUT2D eigenvalue weighted by Crippen LogP contribution is -2.51. The number of hydrogen-bond donors (Lipinski definition) is 0. The number of rotatable bonds is 2. The summed E-state index contributed by atoms with van der Waals surface area (Å²) < 4.78 is 11.9. The Morgan fingerprint density at radius 1 is 1.23 bits per heavy atom. The van der Waals surface area contributed by atoms with E-state index in [2.05, 4.69) is 18.7 Å². The molecule has 1 spiro atoms. The summed E-state index contributed by atoms with van der Waals surface area (Å²) in [6, 6.07) is 0. The first-order valence-corrected chi connectivity index (χ1v) is 10.6. The maximum atomic E-state index is 12.7. The Morgan fingerprint density at radius 3 is 2.65 bits per heavy atom. The molecule has 4 nitrogen and oxygen atoms in total. The molecule has 148 valence electrons. The van der Waals surface area contributed by atoms with Crippen LogP contribution in [0.25, 0.3) is 0 Å². The highest BCUT2D eigenvalue weighted by Gasteiger charge is 2.65. The number of carbonyl (C=O) groups is 1. The van der Waals surface area contributed by atoms with Crippen molar-refractivity contribution in [3.63, 3.8) is 0 Å². The molecule has 0 N–H and O–H groups in total. The molecule has 2 aliphatic carbocycles. The topological polar surface area (TPSA) is 42.1 Å². The summed E-state index contributed by atoms with van der Waals surface area (Å²) in [5.74, 6) is 2.07. The Bertz CT molecular complexity index is 557.